The van der Waals surface area contributed by atoms with E-state index in [0.29, 0.717) is 38.1 Å². The molecule has 6 unspecified atom stereocenters. The molecule has 368 valence electrons. The van der Waals surface area contributed by atoms with Gasteiger partial charge in [0.15, 0.2) is 23.1 Å². The van der Waals surface area contributed by atoms with Gasteiger partial charge in [0.05, 0.1) is 42.9 Å². The van der Waals surface area contributed by atoms with Gasteiger partial charge < -0.3 is 10.2 Å². The van der Waals surface area contributed by atoms with E-state index in [-0.39, 0.29) is 97.2 Å². The van der Waals surface area contributed by atoms with Crippen LogP contribution >= 0.6 is 0 Å². The first-order valence-electron chi connectivity index (χ1n) is 23.9. The molecule has 2 N–H and O–H groups in total. The van der Waals surface area contributed by atoms with Crippen molar-refractivity contribution in [1.29, 1.82) is 0 Å². The number of carbonyl (C=O) groups is 5. The molecule has 0 bridgehead atoms. The zero-order valence-corrected chi connectivity index (χ0v) is 45.1. The molecule has 0 amide bonds. The van der Waals surface area contributed by atoms with Crippen LogP contribution in [-0.2, 0) is 24.0 Å². The number of rotatable bonds is 4. The summed E-state index contributed by atoms with van der Waals surface area (Å²) < 4.78 is 0. The molecule has 4 heterocycles. The maximum Gasteiger partial charge on any atom is 0.157 e. The predicted molar refractivity (Wildman–Crippen MR) is 259 cm³/mol. The number of nitrogens with zero attached hydrogens (tertiary/aromatic N) is 4. The first kappa shape index (κ1) is 59.1. The third-order valence-corrected chi connectivity index (χ3v) is 12.6. The van der Waals surface area contributed by atoms with Gasteiger partial charge in [0, 0.05) is 63.3 Å². The first-order valence-corrected chi connectivity index (χ1v) is 23.9. The fraction of sp³-hybridized carbons (Fsp3) is 0.904. The van der Waals surface area contributed by atoms with Crippen LogP contribution in [0.25, 0.3) is 0 Å². The van der Waals surface area contributed by atoms with Crippen LogP contribution in [0, 0.1) is 21.7 Å². The van der Waals surface area contributed by atoms with Crippen molar-refractivity contribution >= 4 is 28.9 Å². The van der Waals surface area contributed by atoms with Crippen LogP contribution in [0.2, 0.25) is 0 Å². The molecule has 0 radical (unpaired) electrons. The molecule has 63 heavy (non-hydrogen) atoms. The minimum atomic E-state index is -0.508. The fourth-order valence-electron chi connectivity index (χ4n) is 9.06. The fourth-order valence-corrected chi connectivity index (χ4v) is 9.06. The third kappa shape index (κ3) is 17.0. The Kier molecular flexibility index (Phi) is 19.7. The van der Waals surface area contributed by atoms with Crippen molar-refractivity contribution in [1.82, 2.24) is 19.6 Å². The molecular weight excluding hydrogens is 793 g/mol. The van der Waals surface area contributed by atoms with E-state index < -0.39 is 6.10 Å². The summed E-state index contributed by atoms with van der Waals surface area (Å²) in [5.41, 5.74) is -1.46. The molecular formula is C52H98N4O7. The lowest BCUT2D eigenvalue weighted by molar-refractivity contribution is -0.135. The number of aliphatic hydroxyl groups is 2. The summed E-state index contributed by atoms with van der Waals surface area (Å²) in [7, 11) is 0. The van der Waals surface area contributed by atoms with E-state index in [1.807, 2.05) is 88.0 Å². The van der Waals surface area contributed by atoms with Crippen LogP contribution in [0.4, 0.5) is 0 Å². The number of hydrogen-bond donors (Lipinski definition) is 2. The number of β-amino-alcohol motifs (C(OH)–C–C–N with tert-alkyl or cyclic N) is 1. The third-order valence-electron chi connectivity index (χ3n) is 12.6. The van der Waals surface area contributed by atoms with E-state index in [9.17, 15) is 34.2 Å². The lowest BCUT2D eigenvalue weighted by atomic mass is 9.84. The number of ketones is 5. The average molecular weight is 891 g/mol. The minimum absolute atomic E-state index is 0.0664. The molecule has 4 rings (SSSR count). The Morgan fingerprint density at radius 2 is 0.841 bits per heavy atom. The summed E-state index contributed by atoms with van der Waals surface area (Å²) in [5.74, 6) is 1.13. The van der Waals surface area contributed by atoms with E-state index in [0.717, 1.165) is 25.9 Å². The van der Waals surface area contributed by atoms with Crippen molar-refractivity contribution in [2.75, 3.05) is 26.2 Å². The molecule has 0 aliphatic carbocycles. The van der Waals surface area contributed by atoms with Crippen molar-refractivity contribution < 1.29 is 34.2 Å². The molecule has 4 saturated heterocycles. The van der Waals surface area contributed by atoms with Crippen LogP contribution in [0.15, 0.2) is 0 Å². The molecule has 4 aliphatic heterocycles. The summed E-state index contributed by atoms with van der Waals surface area (Å²) in [6.07, 6.45) is 2.98. The summed E-state index contributed by atoms with van der Waals surface area (Å²) >= 11 is 0. The molecule has 0 aromatic rings. The van der Waals surface area contributed by atoms with E-state index in [1.165, 1.54) is 0 Å². The molecule has 6 atom stereocenters. The van der Waals surface area contributed by atoms with Crippen LogP contribution in [-0.4, -0.2) is 143 Å². The van der Waals surface area contributed by atoms with Crippen LogP contribution < -0.4 is 0 Å². The van der Waals surface area contributed by atoms with E-state index >= 15 is 0 Å². The van der Waals surface area contributed by atoms with Gasteiger partial charge in [-0.05, 0) is 115 Å². The predicted octanol–water partition coefficient (Wildman–Crippen LogP) is 8.58. The number of aliphatic hydroxyl groups excluding tert-OH is 2. The van der Waals surface area contributed by atoms with E-state index in [4.69, 9.17) is 0 Å². The lowest BCUT2D eigenvalue weighted by Gasteiger charge is -2.39. The zero-order chi connectivity index (χ0) is 50.0. The second-order valence-corrected chi connectivity index (χ2v) is 26.9. The van der Waals surface area contributed by atoms with Crippen LogP contribution in [0.5, 0.6) is 0 Å². The SMILES string of the molecule is CC(C)(C)C(=O)C1C(O)CCN1C(C)(C)C.CC(C)(C)C(=O)C1CC(=O)CN1C(C)(C)C.CC(C)(C)C(=O)C1CC(O)CN1C(C)(C)C.CC(C)(C)C(=O)C1CCCN1C(C)(C)C. The molecule has 0 aromatic carbocycles. The summed E-state index contributed by atoms with van der Waals surface area (Å²) in [4.78, 5) is 69.4. The maximum atomic E-state index is 12.3. The van der Waals surface area contributed by atoms with Crippen LogP contribution in [0.3, 0.4) is 0 Å². The molecule has 0 aromatic heterocycles. The Hall–Kier alpha value is -1.89. The van der Waals surface area contributed by atoms with Gasteiger partial charge in [0.25, 0.3) is 0 Å². The van der Waals surface area contributed by atoms with Crippen molar-refractivity contribution in [3.8, 4) is 0 Å². The highest BCUT2D eigenvalue weighted by molar-refractivity contribution is 5.97. The maximum absolute atomic E-state index is 12.3. The Labute approximate surface area is 386 Å². The van der Waals surface area contributed by atoms with Gasteiger partial charge in [-0.2, -0.15) is 0 Å². The number of hydrogen-bond acceptors (Lipinski definition) is 11. The monoisotopic (exact) mass is 891 g/mol. The standard InChI is InChI=1S/C13H25NO2.C13H23NO2.C13H25NO2.C13H25NO/c2*1-12(2,3)11(16)10-7-9(15)8-14(10)13(4,5)6;1-12(2,3)11(16)10-9(15)7-8-14(10)13(4,5)6;1-12(2,3)11(15)10-8-7-9-14(10)13(4,5)6/h9-10,15H,7-8H2,1-6H3;10H,7-8H2,1-6H3;9-10,15H,7-8H2,1-6H3;10H,7-9H2,1-6H3. The Balaban J connectivity index is 0.000000420. The van der Waals surface area contributed by atoms with Gasteiger partial charge >= 0.3 is 0 Å². The number of carbonyl (C=O) groups excluding carboxylic acids is 5. The van der Waals surface area contributed by atoms with Gasteiger partial charge in [-0.3, -0.25) is 43.6 Å². The smallest absolute Gasteiger partial charge is 0.157 e. The van der Waals surface area contributed by atoms with Crippen LogP contribution in [0.1, 0.15) is 198 Å². The van der Waals surface area contributed by atoms with E-state index in [2.05, 4.69) is 97.8 Å². The molecule has 4 aliphatic rings. The quantitative estimate of drug-likeness (QED) is 0.281. The highest BCUT2D eigenvalue weighted by atomic mass is 16.3. The van der Waals surface area contributed by atoms with Crippen molar-refractivity contribution in [3.63, 3.8) is 0 Å². The molecule has 11 nitrogen and oxygen atoms in total. The van der Waals surface area contributed by atoms with Gasteiger partial charge in [0.1, 0.15) is 5.78 Å². The Bertz CT molecular complexity index is 1550. The molecule has 0 saturated carbocycles. The lowest BCUT2D eigenvalue weighted by Crippen LogP contribution is -2.53. The highest BCUT2D eigenvalue weighted by Crippen LogP contribution is 2.35. The molecule has 0 spiro atoms. The van der Waals surface area contributed by atoms with Gasteiger partial charge in [-0.1, -0.05) is 83.1 Å². The summed E-state index contributed by atoms with van der Waals surface area (Å²) in [5, 5.41) is 19.7. The summed E-state index contributed by atoms with van der Waals surface area (Å²) in [6.45, 7) is 51.6. The summed E-state index contributed by atoms with van der Waals surface area (Å²) in [6, 6.07) is -0.549. The molecule has 11 heteroatoms. The van der Waals surface area contributed by atoms with Gasteiger partial charge in [-0.25, -0.2) is 0 Å². The molecule has 4 fully saturated rings. The van der Waals surface area contributed by atoms with Crippen molar-refractivity contribution in [2.24, 2.45) is 21.7 Å². The highest BCUT2D eigenvalue weighted by Gasteiger charge is 2.48. The zero-order valence-electron chi connectivity index (χ0n) is 45.1. The van der Waals surface area contributed by atoms with Crippen molar-refractivity contribution in [3.05, 3.63) is 0 Å². The number of likely N-dealkylation sites (tertiary alicyclic amines) is 4. The normalized spacial score (nSPS) is 26.3. The van der Waals surface area contributed by atoms with E-state index in [1.54, 1.807) is 0 Å². The second-order valence-electron chi connectivity index (χ2n) is 26.9. The Morgan fingerprint density at radius 3 is 1.22 bits per heavy atom. The largest absolute Gasteiger partial charge is 0.392 e. The van der Waals surface area contributed by atoms with Crippen molar-refractivity contribution in [2.45, 2.75) is 257 Å². The Morgan fingerprint density at radius 1 is 0.460 bits per heavy atom. The topological polar surface area (TPSA) is 139 Å². The number of Topliss-reactive ketones (excluding diaryl/α,β-unsaturated/α-hetero) is 5. The average Bonchev–Trinajstić information content (AvgIpc) is 3.87. The second kappa shape index (κ2) is 21.0. The van der Waals surface area contributed by atoms with Gasteiger partial charge in [0.2, 0.25) is 0 Å². The first-order chi connectivity index (χ1) is 27.7. The minimum Gasteiger partial charge on any atom is -0.392 e. The van der Waals surface area contributed by atoms with Gasteiger partial charge in [-0.15, -0.1) is 0 Å².